The molecule has 0 aromatic carbocycles. The minimum atomic E-state index is -3.02. The maximum atomic E-state index is 5.46. The minimum absolute atomic E-state index is 0.183. The Hall–Kier alpha value is -0.0231. The Morgan fingerprint density at radius 1 is 1.20 bits per heavy atom. The Balaban J connectivity index is 2.35. The summed E-state index contributed by atoms with van der Waals surface area (Å²) < 4.78 is 31.2. The minimum Gasteiger partial charge on any atom is -0.355 e. The molecule has 0 N–H and O–H groups in total. The van der Waals surface area contributed by atoms with Crippen LogP contribution in [0.15, 0.2) is 0 Å². The Labute approximate surface area is 90.8 Å². The van der Waals surface area contributed by atoms with Crippen molar-refractivity contribution >= 4 is 9.05 Å². The fourth-order valence-corrected chi connectivity index (χ4v) is 2.41. The van der Waals surface area contributed by atoms with Gasteiger partial charge in [-0.1, -0.05) is 0 Å². The van der Waals surface area contributed by atoms with E-state index in [0.29, 0.717) is 0 Å². The van der Waals surface area contributed by atoms with E-state index < -0.39 is 15.3 Å². The van der Waals surface area contributed by atoms with E-state index in [1.54, 1.807) is 6.92 Å². The maximum absolute atomic E-state index is 5.46. The van der Waals surface area contributed by atoms with Gasteiger partial charge in [-0.15, -0.1) is 0 Å². The molecule has 0 aromatic heterocycles. The van der Waals surface area contributed by atoms with E-state index in [9.17, 15) is 0 Å². The van der Waals surface area contributed by atoms with Crippen molar-refractivity contribution in [3.05, 3.63) is 0 Å². The molecule has 7 heteroatoms. The first-order valence-electron chi connectivity index (χ1n) is 4.76. The Kier molecular flexibility index (Phi) is 5.13. The molecule has 1 aliphatic rings. The van der Waals surface area contributed by atoms with Gasteiger partial charge in [-0.25, -0.2) is 0 Å². The summed E-state index contributed by atoms with van der Waals surface area (Å²) in [5.74, 6) is 0. The van der Waals surface area contributed by atoms with Crippen molar-refractivity contribution in [2.24, 2.45) is 0 Å². The molecule has 15 heavy (non-hydrogen) atoms. The van der Waals surface area contributed by atoms with Crippen molar-refractivity contribution < 1.29 is 27.2 Å². The number of hydrogen-bond donors (Lipinski definition) is 0. The first-order valence-corrected chi connectivity index (χ1v) is 6.39. The molecule has 0 amide bonds. The van der Waals surface area contributed by atoms with Gasteiger partial charge in [0.1, 0.15) is 0 Å². The van der Waals surface area contributed by atoms with Crippen LogP contribution in [0.4, 0.5) is 0 Å². The molecule has 1 saturated heterocycles. The molecule has 0 spiro atoms. The maximum Gasteiger partial charge on any atom is 0.680 e. The topological polar surface area (TPSA) is 55.4 Å². The molecular formula is C8H18O6Si. The van der Waals surface area contributed by atoms with Gasteiger partial charge in [-0.2, -0.15) is 0 Å². The van der Waals surface area contributed by atoms with Gasteiger partial charge in [0.15, 0.2) is 12.6 Å². The van der Waals surface area contributed by atoms with Crippen LogP contribution in [0.5, 0.6) is 0 Å². The Morgan fingerprint density at radius 2 is 1.73 bits per heavy atom. The molecule has 0 aliphatic carbocycles. The quantitative estimate of drug-likeness (QED) is 0.475. The molecule has 0 aromatic rings. The zero-order chi connectivity index (χ0) is 11.3. The molecule has 2 atom stereocenters. The van der Waals surface area contributed by atoms with Gasteiger partial charge in [0.2, 0.25) is 0 Å². The smallest absolute Gasteiger partial charge is 0.355 e. The monoisotopic (exact) mass is 238 g/mol. The van der Waals surface area contributed by atoms with E-state index in [4.69, 9.17) is 27.2 Å². The molecule has 1 aliphatic heterocycles. The standard InChI is InChI=1S/C8H18O6Si/c1-7(13-8-5-6-12-8)14-15(9-2,10-3)11-4/h7-8H,5-6H2,1-4H3. The molecule has 90 valence electrons. The third-order valence-corrected chi connectivity index (χ3v) is 4.18. The highest BCUT2D eigenvalue weighted by Crippen LogP contribution is 2.18. The third kappa shape index (κ3) is 3.49. The Morgan fingerprint density at radius 3 is 2.07 bits per heavy atom. The second-order valence-electron chi connectivity index (χ2n) is 3.02. The van der Waals surface area contributed by atoms with Gasteiger partial charge in [-0.05, 0) is 6.92 Å². The summed E-state index contributed by atoms with van der Waals surface area (Å²) in [6, 6.07) is 0. The van der Waals surface area contributed by atoms with Gasteiger partial charge in [0.25, 0.3) is 0 Å². The van der Waals surface area contributed by atoms with Crippen LogP contribution >= 0.6 is 0 Å². The lowest BCUT2D eigenvalue weighted by atomic mass is 10.3. The average molecular weight is 238 g/mol. The van der Waals surface area contributed by atoms with Crippen LogP contribution in [0.2, 0.25) is 0 Å². The predicted octanol–water partition coefficient (Wildman–Crippen LogP) is 0.487. The van der Waals surface area contributed by atoms with Crippen LogP contribution in [0.25, 0.3) is 0 Å². The van der Waals surface area contributed by atoms with Crippen molar-refractivity contribution in [3.63, 3.8) is 0 Å². The summed E-state index contributed by atoms with van der Waals surface area (Å²) in [6.45, 7) is 2.49. The fraction of sp³-hybridized carbons (Fsp3) is 1.00. The molecule has 1 fully saturated rings. The highest BCUT2D eigenvalue weighted by molar-refractivity contribution is 6.53. The van der Waals surface area contributed by atoms with Gasteiger partial charge in [-0.3, -0.25) is 0 Å². The van der Waals surface area contributed by atoms with Crippen LogP contribution in [0, 0.1) is 0 Å². The van der Waals surface area contributed by atoms with Crippen molar-refractivity contribution in [3.8, 4) is 0 Å². The molecule has 2 unspecified atom stereocenters. The zero-order valence-corrected chi connectivity index (χ0v) is 10.5. The van der Waals surface area contributed by atoms with Crippen molar-refractivity contribution in [1.82, 2.24) is 0 Å². The molecule has 0 radical (unpaired) electrons. The average Bonchev–Trinajstić information content (AvgIpc) is 2.20. The van der Waals surface area contributed by atoms with Crippen molar-refractivity contribution in [2.75, 3.05) is 27.9 Å². The van der Waals surface area contributed by atoms with E-state index in [-0.39, 0.29) is 6.29 Å². The molecule has 0 bridgehead atoms. The highest BCUT2D eigenvalue weighted by atomic mass is 28.4. The number of hydrogen-bond acceptors (Lipinski definition) is 6. The van der Waals surface area contributed by atoms with E-state index >= 15 is 0 Å². The summed E-state index contributed by atoms with van der Waals surface area (Å²) in [6.07, 6.45) is 0.217. The van der Waals surface area contributed by atoms with E-state index in [2.05, 4.69) is 0 Å². The molecule has 6 nitrogen and oxygen atoms in total. The first kappa shape index (κ1) is 13.0. The van der Waals surface area contributed by atoms with Crippen molar-refractivity contribution in [1.29, 1.82) is 0 Å². The van der Waals surface area contributed by atoms with E-state index in [1.165, 1.54) is 21.3 Å². The first-order chi connectivity index (χ1) is 7.15. The second-order valence-corrected chi connectivity index (χ2v) is 5.48. The SMILES string of the molecule is CO[Si](OC)(OC)OC(C)OC1CCO1. The summed E-state index contributed by atoms with van der Waals surface area (Å²) in [5.41, 5.74) is 0. The largest absolute Gasteiger partial charge is 0.680 e. The fourth-order valence-electron chi connectivity index (χ4n) is 1.16. The summed E-state index contributed by atoms with van der Waals surface area (Å²) in [4.78, 5) is 0. The summed E-state index contributed by atoms with van der Waals surface area (Å²) >= 11 is 0. The lowest BCUT2D eigenvalue weighted by Crippen LogP contribution is -2.50. The number of rotatable bonds is 7. The van der Waals surface area contributed by atoms with Crippen LogP contribution in [0.1, 0.15) is 13.3 Å². The molecule has 1 rings (SSSR count). The lowest BCUT2D eigenvalue weighted by Gasteiger charge is -2.32. The molecule has 0 saturated carbocycles. The van der Waals surface area contributed by atoms with Gasteiger partial charge in [0.05, 0.1) is 6.61 Å². The second kappa shape index (κ2) is 5.90. The van der Waals surface area contributed by atoms with Crippen LogP contribution in [0.3, 0.4) is 0 Å². The normalized spacial score (nSPS) is 23.6. The number of ether oxygens (including phenoxy) is 2. The predicted molar refractivity (Wildman–Crippen MR) is 52.8 cm³/mol. The van der Waals surface area contributed by atoms with E-state index in [0.717, 1.165) is 13.0 Å². The zero-order valence-electron chi connectivity index (χ0n) is 9.52. The van der Waals surface area contributed by atoms with Crippen molar-refractivity contribution in [2.45, 2.75) is 25.9 Å². The summed E-state index contributed by atoms with van der Waals surface area (Å²) in [5, 5.41) is 0. The van der Waals surface area contributed by atoms with E-state index in [1.807, 2.05) is 0 Å². The van der Waals surface area contributed by atoms with Gasteiger partial charge in [0, 0.05) is 27.8 Å². The highest BCUT2D eigenvalue weighted by Gasteiger charge is 2.44. The van der Waals surface area contributed by atoms with Crippen LogP contribution in [-0.2, 0) is 27.2 Å². The lowest BCUT2D eigenvalue weighted by molar-refractivity contribution is -0.276. The molecule has 1 heterocycles. The van der Waals surface area contributed by atoms with Crippen LogP contribution < -0.4 is 0 Å². The molecular weight excluding hydrogens is 220 g/mol. The van der Waals surface area contributed by atoms with Gasteiger partial charge >= 0.3 is 9.05 Å². The third-order valence-electron chi connectivity index (χ3n) is 2.06. The van der Waals surface area contributed by atoms with Crippen LogP contribution in [-0.4, -0.2) is 49.6 Å². The summed E-state index contributed by atoms with van der Waals surface area (Å²) in [7, 11) is 1.42. The van der Waals surface area contributed by atoms with Gasteiger partial charge < -0.3 is 27.2 Å². The Bertz CT molecular complexity index is 174.